The number of halogens is 1. The van der Waals surface area contributed by atoms with Crippen LogP contribution in [0.5, 0.6) is 0 Å². The van der Waals surface area contributed by atoms with Crippen LogP contribution >= 0.6 is 15.9 Å². The van der Waals surface area contributed by atoms with Gasteiger partial charge in [0, 0.05) is 28.3 Å². The number of hydrogen-bond donors (Lipinski definition) is 2. The van der Waals surface area contributed by atoms with Crippen molar-refractivity contribution in [1.29, 1.82) is 0 Å². The second-order valence-corrected chi connectivity index (χ2v) is 5.09. The molecule has 90 valence electrons. The lowest BCUT2D eigenvalue weighted by atomic mass is 10.1. The fourth-order valence-corrected chi connectivity index (χ4v) is 2.13. The van der Waals surface area contributed by atoms with E-state index in [4.69, 9.17) is 0 Å². The molecule has 0 saturated carbocycles. The number of nitrogens with one attached hydrogen (secondary N) is 2. The van der Waals surface area contributed by atoms with E-state index >= 15 is 0 Å². The van der Waals surface area contributed by atoms with Crippen LogP contribution in [0.25, 0.3) is 0 Å². The monoisotopic (exact) mass is 293 g/mol. The Morgan fingerprint density at radius 3 is 2.94 bits per heavy atom. The number of rotatable bonds is 4. The molecule has 3 nitrogen and oxygen atoms in total. The van der Waals surface area contributed by atoms with Gasteiger partial charge >= 0.3 is 0 Å². The van der Waals surface area contributed by atoms with E-state index in [0.717, 1.165) is 16.7 Å². The molecule has 1 aromatic heterocycles. The van der Waals surface area contributed by atoms with Crippen LogP contribution in [-0.4, -0.2) is 10.2 Å². The van der Waals surface area contributed by atoms with Crippen LogP contribution in [0.1, 0.15) is 29.8 Å². The highest BCUT2D eigenvalue weighted by Gasteiger charge is 2.06. The van der Waals surface area contributed by atoms with Gasteiger partial charge in [0.1, 0.15) is 0 Å². The maximum atomic E-state index is 4.01. The minimum Gasteiger partial charge on any atom is -0.306 e. The fourth-order valence-electron chi connectivity index (χ4n) is 1.71. The first-order chi connectivity index (χ1) is 8.16. The van der Waals surface area contributed by atoms with Crippen molar-refractivity contribution in [3.63, 3.8) is 0 Å². The topological polar surface area (TPSA) is 40.7 Å². The Morgan fingerprint density at radius 2 is 2.29 bits per heavy atom. The SMILES string of the molecule is Cc1[nH]ncc1CN[C@@H](C)c1cccc(Br)c1. The van der Waals surface area contributed by atoms with Crippen LogP contribution in [-0.2, 0) is 6.54 Å². The molecular formula is C13H16BrN3. The zero-order valence-corrected chi connectivity index (χ0v) is 11.6. The average molecular weight is 294 g/mol. The Kier molecular flexibility index (Phi) is 3.97. The summed E-state index contributed by atoms with van der Waals surface area (Å²) in [6.07, 6.45) is 1.87. The molecule has 2 aromatic rings. The number of benzene rings is 1. The van der Waals surface area contributed by atoms with E-state index in [0.29, 0.717) is 6.04 Å². The smallest absolute Gasteiger partial charge is 0.0535 e. The molecule has 0 amide bonds. The van der Waals surface area contributed by atoms with Crippen molar-refractivity contribution in [2.24, 2.45) is 0 Å². The second-order valence-electron chi connectivity index (χ2n) is 4.18. The highest BCUT2D eigenvalue weighted by atomic mass is 79.9. The van der Waals surface area contributed by atoms with Gasteiger partial charge in [-0.05, 0) is 31.5 Å². The maximum absolute atomic E-state index is 4.01. The number of aromatic nitrogens is 2. The third-order valence-corrected chi connectivity index (χ3v) is 3.37. The van der Waals surface area contributed by atoms with E-state index in [1.54, 1.807) is 0 Å². The zero-order chi connectivity index (χ0) is 12.3. The Hall–Kier alpha value is -1.13. The maximum Gasteiger partial charge on any atom is 0.0535 e. The summed E-state index contributed by atoms with van der Waals surface area (Å²) in [6, 6.07) is 8.68. The van der Waals surface area contributed by atoms with Gasteiger partial charge in [-0.3, -0.25) is 5.10 Å². The van der Waals surface area contributed by atoms with Gasteiger partial charge in [0.25, 0.3) is 0 Å². The summed E-state index contributed by atoms with van der Waals surface area (Å²) in [5.41, 5.74) is 3.62. The molecule has 0 aliphatic heterocycles. The molecule has 0 unspecified atom stereocenters. The molecule has 0 aliphatic rings. The fraction of sp³-hybridized carbons (Fsp3) is 0.308. The predicted octanol–water partition coefficient (Wildman–Crippen LogP) is 3.33. The van der Waals surface area contributed by atoms with E-state index in [1.807, 2.05) is 19.2 Å². The molecule has 2 N–H and O–H groups in total. The van der Waals surface area contributed by atoms with Crippen LogP contribution in [0.4, 0.5) is 0 Å². The first-order valence-electron chi connectivity index (χ1n) is 5.64. The van der Waals surface area contributed by atoms with Gasteiger partial charge in [-0.25, -0.2) is 0 Å². The van der Waals surface area contributed by atoms with Crippen LogP contribution in [0.2, 0.25) is 0 Å². The molecule has 1 aromatic carbocycles. The summed E-state index contributed by atoms with van der Waals surface area (Å²) in [5.74, 6) is 0. The largest absolute Gasteiger partial charge is 0.306 e. The molecule has 1 heterocycles. The van der Waals surface area contributed by atoms with Gasteiger partial charge in [0.2, 0.25) is 0 Å². The van der Waals surface area contributed by atoms with Gasteiger partial charge in [-0.2, -0.15) is 5.10 Å². The van der Waals surface area contributed by atoms with Crippen molar-refractivity contribution in [3.05, 3.63) is 51.8 Å². The lowest BCUT2D eigenvalue weighted by Gasteiger charge is -2.14. The van der Waals surface area contributed by atoms with Gasteiger partial charge in [0.15, 0.2) is 0 Å². The molecular weight excluding hydrogens is 278 g/mol. The quantitative estimate of drug-likeness (QED) is 0.908. The van der Waals surface area contributed by atoms with Gasteiger partial charge < -0.3 is 5.32 Å². The number of hydrogen-bond acceptors (Lipinski definition) is 2. The van der Waals surface area contributed by atoms with E-state index in [2.05, 4.69) is 56.6 Å². The van der Waals surface area contributed by atoms with Gasteiger partial charge in [-0.1, -0.05) is 28.1 Å². The molecule has 0 aliphatic carbocycles. The summed E-state index contributed by atoms with van der Waals surface area (Å²) in [7, 11) is 0. The third-order valence-electron chi connectivity index (χ3n) is 2.88. The molecule has 0 spiro atoms. The van der Waals surface area contributed by atoms with Crippen LogP contribution in [0.3, 0.4) is 0 Å². The third kappa shape index (κ3) is 3.17. The first-order valence-corrected chi connectivity index (χ1v) is 6.44. The van der Waals surface area contributed by atoms with Crippen molar-refractivity contribution in [3.8, 4) is 0 Å². The van der Waals surface area contributed by atoms with E-state index in [-0.39, 0.29) is 0 Å². The van der Waals surface area contributed by atoms with E-state index < -0.39 is 0 Å². The molecule has 0 fully saturated rings. The van der Waals surface area contributed by atoms with Crippen molar-refractivity contribution in [1.82, 2.24) is 15.5 Å². The number of aryl methyl sites for hydroxylation is 1. The average Bonchev–Trinajstić information content (AvgIpc) is 2.72. The van der Waals surface area contributed by atoms with Crippen molar-refractivity contribution < 1.29 is 0 Å². The van der Waals surface area contributed by atoms with Crippen molar-refractivity contribution in [2.45, 2.75) is 26.4 Å². The normalized spacial score (nSPS) is 12.6. The number of nitrogens with zero attached hydrogens (tertiary/aromatic N) is 1. The Bertz CT molecular complexity index is 493. The highest BCUT2D eigenvalue weighted by Crippen LogP contribution is 2.18. The first kappa shape index (κ1) is 12.3. The minimum absolute atomic E-state index is 0.321. The summed E-state index contributed by atoms with van der Waals surface area (Å²) in [5, 5.41) is 10.4. The summed E-state index contributed by atoms with van der Waals surface area (Å²) in [6.45, 7) is 5.03. The Balaban J connectivity index is 1.98. The summed E-state index contributed by atoms with van der Waals surface area (Å²) < 4.78 is 1.11. The van der Waals surface area contributed by atoms with Crippen molar-refractivity contribution >= 4 is 15.9 Å². The van der Waals surface area contributed by atoms with Gasteiger partial charge in [-0.15, -0.1) is 0 Å². The lowest BCUT2D eigenvalue weighted by molar-refractivity contribution is 0.573. The van der Waals surface area contributed by atoms with Gasteiger partial charge in [0.05, 0.1) is 6.20 Å². The standard InChI is InChI=1S/C13H16BrN3/c1-9(11-4-3-5-13(14)6-11)15-7-12-8-16-17-10(12)2/h3-6,8-9,15H,7H2,1-2H3,(H,16,17)/t9-/m0/s1. The Labute approximate surface area is 110 Å². The lowest BCUT2D eigenvalue weighted by Crippen LogP contribution is -2.18. The summed E-state index contributed by atoms with van der Waals surface area (Å²) in [4.78, 5) is 0. The minimum atomic E-state index is 0.321. The molecule has 0 saturated heterocycles. The van der Waals surface area contributed by atoms with Crippen LogP contribution in [0.15, 0.2) is 34.9 Å². The predicted molar refractivity (Wildman–Crippen MR) is 72.7 cm³/mol. The molecule has 0 radical (unpaired) electrons. The van der Waals surface area contributed by atoms with Crippen LogP contribution in [0, 0.1) is 6.92 Å². The zero-order valence-electron chi connectivity index (χ0n) is 10.00. The molecule has 0 bridgehead atoms. The second kappa shape index (κ2) is 5.47. The molecule has 4 heteroatoms. The van der Waals surface area contributed by atoms with Crippen LogP contribution < -0.4 is 5.32 Å². The highest BCUT2D eigenvalue weighted by molar-refractivity contribution is 9.10. The molecule has 2 rings (SSSR count). The Morgan fingerprint density at radius 1 is 1.47 bits per heavy atom. The molecule has 17 heavy (non-hydrogen) atoms. The number of aromatic amines is 1. The van der Waals surface area contributed by atoms with E-state index in [9.17, 15) is 0 Å². The van der Waals surface area contributed by atoms with Crippen molar-refractivity contribution in [2.75, 3.05) is 0 Å². The summed E-state index contributed by atoms with van der Waals surface area (Å²) >= 11 is 3.49. The number of H-pyrrole nitrogens is 1. The van der Waals surface area contributed by atoms with E-state index in [1.165, 1.54) is 11.1 Å². The molecule has 1 atom stereocenters.